The molecule has 4 unspecified atom stereocenters. The van der Waals surface area contributed by atoms with Crippen LogP contribution < -0.4 is 15.5 Å². The first kappa shape index (κ1) is 14.2. The number of nitrogens with zero attached hydrogens (tertiary/aromatic N) is 3. The second-order valence-corrected chi connectivity index (χ2v) is 7.34. The van der Waals surface area contributed by atoms with E-state index in [1.165, 1.54) is 37.8 Å². The van der Waals surface area contributed by atoms with Gasteiger partial charge >= 0.3 is 0 Å². The highest BCUT2D eigenvalue weighted by Crippen LogP contribution is 2.48. The Hall–Kier alpha value is -1.36. The summed E-state index contributed by atoms with van der Waals surface area (Å²) in [6.07, 6.45) is 8.89. The third-order valence-electron chi connectivity index (χ3n) is 6.03. The number of aromatic nitrogens is 2. The topological polar surface area (TPSA) is 53.1 Å². The average molecular weight is 301 g/mol. The van der Waals surface area contributed by atoms with E-state index in [4.69, 9.17) is 0 Å². The molecular weight excluding hydrogens is 274 g/mol. The molecule has 1 aromatic heterocycles. The van der Waals surface area contributed by atoms with Crippen molar-refractivity contribution < 1.29 is 0 Å². The van der Waals surface area contributed by atoms with Crippen LogP contribution in [-0.2, 0) is 0 Å². The molecule has 5 nitrogen and oxygen atoms in total. The van der Waals surface area contributed by atoms with Crippen molar-refractivity contribution in [2.75, 3.05) is 36.9 Å². The molecule has 5 heteroatoms. The molecule has 2 heterocycles. The van der Waals surface area contributed by atoms with Crippen LogP contribution in [0.4, 0.5) is 11.5 Å². The molecule has 1 saturated heterocycles. The van der Waals surface area contributed by atoms with E-state index in [0.29, 0.717) is 6.04 Å². The average Bonchev–Trinajstić information content (AvgIpc) is 3.29. The summed E-state index contributed by atoms with van der Waals surface area (Å²) in [6.45, 7) is 3.23. The normalized spacial score (nSPS) is 33.6. The van der Waals surface area contributed by atoms with Crippen LogP contribution in [0.25, 0.3) is 0 Å². The molecule has 22 heavy (non-hydrogen) atoms. The zero-order valence-corrected chi connectivity index (χ0v) is 13.5. The van der Waals surface area contributed by atoms with Gasteiger partial charge in [-0.1, -0.05) is 6.42 Å². The van der Waals surface area contributed by atoms with E-state index in [-0.39, 0.29) is 0 Å². The lowest BCUT2D eigenvalue weighted by Gasteiger charge is -2.22. The lowest BCUT2D eigenvalue weighted by molar-refractivity contribution is 0.348. The molecule has 1 aromatic rings. The molecule has 2 aliphatic carbocycles. The molecule has 120 valence electrons. The minimum Gasteiger partial charge on any atom is -0.369 e. The lowest BCUT2D eigenvalue weighted by Crippen LogP contribution is -2.29. The number of nitrogens with one attached hydrogen (secondary N) is 2. The fraction of sp³-hybridized carbons (Fsp3) is 0.765. The Balaban J connectivity index is 1.35. The van der Waals surface area contributed by atoms with E-state index in [0.717, 1.165) is 43.2 Å². The van der Waals surface area contributed by atoms with Gasteiger partial charge in [-0.15, -0.1) is 5.10 Å². The molecule has 4 rings (SSSR count). The van der Waals surface area contributed by atoms with Crippen molar-refractivity contribution in [3.8, 4) is 0 Å². The summed E-state index contributed by atoms with van der Waals surface area (Å²) >= 11 is 0. The van der Waals surface area contributed by atoms with Crippen molar-refractivity contribution in [2.45, 2.75) is 38.1 Å². The number of fused-ring (bicyclic) bond motifs is 2. The van der Waals surface area contributed by atoms with Gasteiger partial charge in [0.05, 0.1) is 11.9 Å². The largest absolute Gasteiger partial charge is 0.369 e. The highest BCUT2D eigenvalue weighted by Gasteiger charge is 2.39. The highest BCUT2D eigenvalue weighted by molar-refractivity contribution is 5.53. The summed E-state index contributed by atoms with van der Waals surface area (Å²) < 4.78 is 0. The van der Waals surface area contributed by atoms with Crippen LogP contribution in [0.15, 0.2) is 12.3 Å². The Morgan fingerprint density at radius 3 is 2.95 bits per heavy atom. The van der Waals surface area contributed by atoms with Crippen molar-refractivity contribution in [3.05, 3.63) is 12.3 Å². The van der Waals surface area contributed by atoms with Gasteiger partial charge in [-0.05, 0) is 50.5 Å². The quantitative estimate of drug-likeness (QED) is 0.872. The Bertz CT molecular complexity index is 520. The Morgan fingerprint density at radius 1 is 1.27 bits per heavy atom. The fourth-order valence-electron chi connectivity index (χ4n) is 4.71. The third kappa shape index (κ3) is 2.78. The Morgan fingerprint density at radius 2 is 2.23 bits per heavy atom. The fourth-order valence-corrected chi connectivity index (χ4v) is 4.71. The predicted molar refractivity (Wildman–Crippen MR) is 89.1 cm³/mol. The maximum atomic E-state index is 4.27. The highest BCUT2D eigenvalue weighted by atomic mass is 15.2. The number of anilines is 2. The van der Waals surface area contributed by atoms with Crippen molar-refractivity contribution >= 4 is 11.5 Å². The molecule has 2 bridgehead atoms. The van der Waals surface area contributed by atoms with Crippen molar-refractivity contribution in [2.24, 2.45) is 17.8 Å². The molecule has 2 saturated carbocycles. The Kier molecular flexibility index (Phi) is 3.90. The van der Waals surface area contributed by atoms with Gasteiger partial charge in [0.15, 0.2) is 5.82 Å². The van der Waals surface area contributed by atoms with Gasteiger partial charge in [-0.2, -0.15) is 5.10 Å². The molecule has 4 atom stereocenters. The molecule has 2 N–H and O–H groups in total. The van der Waals surface area contributed by atoms with Crippen molar-refractivity contribution in [1.29, 1.82) is 0 Å². The molecule has 3 fully saturated rings. The second-order valence-electron chi connectivity index (χ2n) is 7.34. The van der Waals surface area contributed by atoms with Crippen molar-refractivity contribution in [1.82, 2.24) is 15.5 Å². The second kappa shape index (κ2) is 6.03. The van der Waals surface area contributed by atoms with Gasteiger partial charge < -0.3 is 15.5 Å². The Labute approximate surface area is 132 Å². The number of rotatable bonds is 5. The maximum absolute atomic E-state index is 4.27. The molecule has 1 aliphatic heterocycles. The minimum atomic E-state index is 0.596. The minimum absolute atomic E-state index is 0.596. The van der Waals surface area contributed by atoms with E-state index in [1.54, 1.807) is 0 Å². The van der Waals surface area contributed by atoms with Crippen LogP contribution in [0, 0.1) is 17.8 Å². The smallest absolute Gasteiger partial charge is 0.150 e. The monoisotopic (exact) mass is 301 g/mol. The number of hydrogen-bond acceptors (Lipinski definition) is 5. The maximum Gasteiger partial charge on any atom is 0.150 e. The lowest BCUT2D eigenvalue weighted by atomic mass is 9.89. The van der Waals surface area contributed by atoms with E-state index in [1.807, 2.05) is 13.2 Å². The van der Waals surface area contributed by atoms with Crippen LogP contribution in [0.1, 0.15) is 32.1 Å². The molecule has 0 spiro atoms. The zero-order valence-electron chi connectivity index (χ0n) is 13.5. The predicted octanol–water partition coefficient (Wildman–Crippen LogP) is 2.12. The van der Waals surface area contributed by atoms with Crippen LogP contribution in [0.2, 0.25) is 0 Å². The van der Waals surface area contributed by atoms with Crippen LogP contribution in [0.3, 0.4) is 0 Å². The number of hydrogen-bond donors (Lipinski definition) is 2. The van der Waals surface area contributed by atoms with Crippen LogP contribution in [0.5, 0.6) is 0 Å². The summed E-state index contributed by atoms with van der Waals surface area (Å²) in [5, 5.41) is 15.4. The first-order valence-electron chi connectivity index (χ1n) is 8.80. The van der Waals surface area contributed by atoms with E-state index in [9.17, 15) is 0 Å². The summed E-state index contributed by atoms with van der Waals surface area (Å²) in [5.41, 5.74) is 1.20. The first-order valence-corrected chi connectivity index (χ1v) is 8.80. The van der Waals surface area contributed by atoms with E-state index >= 15 is 0 Å². The number of likely N-dealkylation sites (N-methyl/N-ethyl adjacent to an activating group) is 1. The molecular formula is C17H27N5. The van der Waals surface area contributed by atoms with Crippen molar-refractivity contribution in [3.63, 3.8) is 0 Å². The van der Waals surface area contributed by atoms with Gasteiger partial charge in [0.25, 0.3) is 0 Å². The first-order chi connectivity index (χ1) is 10.8. The summed E-state index contributed by atoms with van der Waals surface area (Å²) in [5.74, 6) is 3.76. The van der Waals surface area contributed by atoms with Gasteiger partial charge in [-0.3, -0.25) is 0 Å². The SMILES string of the molecule is CNC1CCN(c2cnnc(NCC3CC4CCC3C4)c2)C1. The molecule has 0 amide bonds. The van der Waals surface area contributed by atoms with E-state index < -0.39 is 0 Å². The molecule has 0 aromatic carbocycles. The standard InChI is InChI=1S/C17H27N5/c1-18-15-4-5-22(11-15)16-8-17(21-20-10-16)19-9-14-7-12-2-3-13(14)6-12/h8,10,12-15,18H,2-7,9,11H2,1H3,(H,19,21). The van der Waals surface area contributed by atoms with E-state index in [2.05, 4.69) is 31.8 Å². The van der Waals surface area contributed by atoms with Crippen LogP contribution in [-0.4, -0.2) is 42.9 Å². The van der Waals surface area contributed by atoms with Crippen LogP contribution >= 0.6 is 0 Å². The summed E-state index contributed by atoms with van der Waals surface area (Å²) in [4.78, 5) is 2.40. The van der Waals surface area contributed by atoms with Gasteiger partial charge in [0.1, 0.15) is 0 Å². The molecule has 3 aliphatic rings. The summed E-state index contributed by atoms with van der Waals surface area (Å²) in [7, 11) is 2.04. The van der Waals surface area contributed by atoms with Gasteiger partial charge in [0.2, 0.25) is 0 Å². The third-order valence-corrected chi connectivity index (χ3v) is 6.03. The summed E-state index contributed by atoms with van der Waals surface area (Å²) in [6, 6.07) is 2.76. The zero-order chi connectivity index (χ0) is 14.9. The van der Waals surface area contributed by atoms with Gasteiger partial charge in [-0.25, -0.2) is 0 Å². The molecule has 0 radical (unpaired) electrons. The van der Waals surface area contributed by atoms with Gasteiger partial charge in [0, 0.05) is 31.7 Å².